The molecule has 4 aromatic carbocycles. The van der Waals surface area contributed by atoms with Crippen LogP contribution in [-0.4, -0.2) is 4.92 Å². The van der Waals surface area contributed by atoms with Crippen molar-refractivity contribution in [2.45, 2.75) is 12.8 Å². The van der Waals surface area contributed by atoms with Crippen LogP contribution >= 0.6 is 31.9 Å². The maximum Gasteiger partial charge on any atom is 0.277 e. The molecule has 0 saturated heterocycles. The van der Waals surface area contributed by atoms with Crippen LogP contribution in [0.2, 0.25) is 0 Å². The quantitative estimate of drug-likeness (QED) is 0.161. The number of hydrogen-bond donors (Lipinski definition) is 1. The van der Waals surface area contributed by atoms with Gasteiger partial charge in [-0.15, -0.1) is 0 Å². The molecule has 0 aliphatic heterocycles. The van der Waals surface area contributed by atoms with Crippen LogP contribution in [-0.2, 0) is 12.8 Å². The third-order valence-electron chi connectivity index (χ3n) is 5.96. The zero-order chi connectivity index (χ0) is 22.4. The number of aryl methyl sites for hydroxylation is 2. The van der Waals surface area contributed by atoms with Crippen molar-refractivity contribution in [3.05, 3.63) is 103 Å². The summed E-state index contributed by atoms with van der Waals surface area (Å²) < 4.78 is 1.82. The molecule has 5 rings (SSSR count). The van der Waals surface area contributed by atoms with E-state index in [2.05, 4.69) is 62.2 Å². The van der Waals surface area contributed by atoms with Crippen LogP contribution in [0.3, 0.4) is 0 Å². The van der Waals surface area contributed by atoms with Crippen LogP contribution < -0.4 is 5.73 Å². The Bertz CT molecular complexity index is 1400. The van der Waals surface area contributed by atoms with Gasteiger partial charge in [-0.05, 0) is 76.6 Å². The Hall–Kier alpha value is -2.96. The highest BCUT2D eigenvalue weighted by Gasteiger charge is 2.21. The molecule has 0 atom stereocenters. The molecule has 0 fully saturated rings. The molecular weight excluding hydrogens is 532 g/mol. The molecule has 32 heavy (non-hydrogen) atoms. The first-order valence-electron chi connectivity index (χ1n) is 10.2. The van der Waals surface area contributed by atoms with Crippen LogP contribution in [0.1, 0.15) is 11.1 Å². The maximum absolute atomic E-state index is 11.5. The number of nitrogens with zero attached hydrogens (tertiary/aromatic N) is 1. The molecule has 0 bridgehead atoms. The summed E-state index contributed by atoms with van der Waals surface area (Å²) in [5.74, 6) is 0. The monoisotopic (exact) mass is 548 g/mol. The van der Waals surface area contributed by atoms with Crippen molar-refractivity contribution in [3.63, 3.8) is 0 Å². The Morgan fingerprint density at radius 3 is 1.81 bits per heavy atom. The zero-order valence-corrected chi connectivity index (χ0v) is 20.1. The molecule has 0 amide bonds. The predicted molar refractivity (Wildman–Crippen MR) is 137 cm³/mol. The van der Waals surface area contributed by atoms with Crippen molar-refractivity contribution >= 4 is 43.2 Å². The topological polar surface area (TPSA) is 69.2 Å². The summed E-state index contributed by atoms with van der Waals surface area (Å²) >= 11 is 6.97. The molecule has 4 nitrogen and oxygen atoms in total. The lowest BCUT2D eigenvalue weighted by molar-refractivity contribution is -0.384. The van der Waals surface area contributed by atoms with E-state index in [1.165, 1.54) is 22.3 Å². The number of nitrogen functional groups attached to an aromatic ring is 1. The van der Waals surface area contributed by atoms with E-state index in [1.807, 2.05) is 30.3 Å². The van der Waals surface area contributed by atoms with Gasteiger partial charge >= 0.3 is 0 Å². The summed E-state index contributed by atoms with van der Waals surface area (Å²) in [5, 5.41) is 11.5. The second-order valence-electron chi connectivity index (χ2n) is 7.89. The van der Waals surface area contributed by atoms with E-state index in [4.69, 9.17) is 5.73 Å². The SMILES string of the molecule is Nc1ccc(Br)cc1-c1ccc2c(c1)CCc1cc(-c3cc(Br)ccc3[N+](=O)[O-])ccc1-2. The van der Waals surface area contributed by atoms with Gasteiger partial charge in [-0.2, -0.15) is 0 Å². The average Bonchev–Trinajstić information content (AvgIpc) is 2.79. The standard InChI is InChI=1S/C26H18Br2N2O2/c27-19-5-9-25(29)23(13-19)17-3-7-21-15(11-17)1-2-16-12-18(4-8-22(16)21)24-14-20(28)6-10-26(24)30(31)32/h3-14H,1-2,29H2. The van der Waals surface area contributed by atoms with Crippen LogP contribution in [0.15, 0.2) is 81.7 Å². The second-order valence-corrected chi connectivity index (χ2v) is 9.73. The summed E-state index contributed by atoms with van der Waals surface area (Å²) in [5.41, 5.74) is 15.6. The fraction of sp³-hybridized carbons (Fsp3) is 0.0769. The van der Waals surface area contributed by atoms with Gasteiger partial charge in [-0.3, -0.25) is 10.1 Å². The largest absolute Gasteiger partial charge is 0.398 e. The van der Waals surface area contributed by atoms with Crippen LogP contribution in [0.4, 0.5) is 11.4 Å². The smallest absolute Gasteiger partial charge is 0.277 e. The van der Waals surface area contributed by atoms with Crippen molar-refractivity contribution in [3.8, 4) is 33.4 Å². The number of nitro benzene ring substituents is 1. The number of rotatable bonds is 3. The highest BCUT2D eigenvalue weighted by molar-refractivity contribution is 9.10. The predicted octanol–water partition coefficient (Wildman–Crippen LogP) is 7.80. The minimum absolute atomic E-state index is 0.112. The molecule has 0 unspecified atom stereocenters. The fourth-order valence-corrected chi connectivity index (χ4v) is 5.13. The summed E-state index contributed by atoms with van der Waals surface area (Å²) in [4.78, 5) is 11.2. The van der Waals surface area contributed by atoms with E-state index in [1.54, 1.807) is 12.1 Å². The Morgan fingerprint density at radius 2 is 1.22 bits per heavy atom. The first-order chi connectivity index (χ1) is 15.4. The van der Waals surface area contributed by atoms with Crippen LogP contribution in [0, 0.1) is 10.1 Å². The van der Waals surface area contributed by atoms with Gasteiger partial charge in [0.05, 0.1) is 10.5 Å². The van der Waals surface area contributed by atoms with Gasteiger partial charge < -0.3 is 5.73 Å². The van der Waals surface area contributed by atoms with E-state index in [9.17, 15) is 10.1 Å². The van der Waals surface area contributed by atoms with Gasteiger partial charge in [0.15, 0.2) is 0 Å². The van der Waals surface area contributed by atoms with E-state index in [0.29, 0.717) is 5.56 Å². The number of nitrogens with two attached hydrogens (primary N) is 1. The summed E-state index contributed by atoms with van der Waals surface area (Å²) in [6, 6.07) is 23.6. The molecule has 0 spiro atoms. The molecule has 2 N–H and O–H groups in total. The van der Waals surface area contributed by atoms with Crippen molar-refractivity contribution in [2.24, 2.45) is 0 Å². The molecule has 0 heterocycles. The lowest BCUT2D eigenvalue weighted by Crippen LogP contribution is -2.05. The number of hydrogen-bond acceptors (Lipinski definition) is 3. The molecule has 158 valence electrons. The molecule has 0 saturated carbocycles. The summed E-state index contributed by atoms with van der Waals surface area (Å²) in [6.07, 6.45) is 1.80. The highest BCUT2D eigenvalue weighted by atomic mass is 79.9. The third-order valence-corrected chi connectivity index (χ3v) is 6.94. The maximum atomic E-state index is 11.5. The molecule has 6 heteroatoms. The Labute approximate surface area is 202 Å². The molecule has 1 aliphatic carbocycles. The number of nitro groups is 1. The lowest BCUT2D eigenvalue weighted by atomic mass is 9.82. The lowest BCUT2D eigenvalue weighted by Gasteiger charge is -2.22. The van der Waals surface area contributed by atoms with E-state index >= 15 is 0 Å². The fourth-order valence-electron chi connectivity index (χ4n) is 4.41. The van der Waals surface area contributed by atoms with E-state index in [0.717, 1.165) is 44.2 Å². The highest BCUT2D eigenvalue weighted by Crippen LogP contribution is 2.40. The van der Waals surface area contributed by atoms with E-state index < -0.39 is 0 Å². The number of benzene rings is 4. The average molecular weight is 550 g/mol. The molecule has 0 aromatic heterocycles. The second kappa shape index (κ2) is 8.19. The summed E-state index contributed by atoms with van der Waals surface area (Å²) in [7, 11) is 0. The van der Waals surface area contributed by atoms with Gasteiger partial charge in [0.2, 0.25) is 0 Å². The van der Waals surface area contributed by atoms with Crippen molar-refractivity contribution in [1.29, 1.82) is 0 Å². The van der Waals surface area contributed by atoms with Crippen molar-refractivity contribution < 1.29 is 4.92 Å². The zero-order valence-electron chi connectivity index (χ0n) is 16.9. The normalized spacial score (nSPS) is 12.2. The molecule has 1 aliphatic rings. The Morgan fingerprint density at radius 1 is 0.688 bits per heavy atom. The van der Waals surface area contributed by atoms with Gasteiger partial charge in [-0.1, -0.05) is 68.3 Å². The van der Waals surface area contributed by atoms with Crippen molar-refractivity contribution in [2.75, 3.05) is 5.73 Å². The van der Waals surface area contributed by atoms with Gasteiger partial charge in [0, 0.05) is 26.3 Å². The van der Waals surface area contributed by atoms with Gasteiger partial charge in [-0.25, -0.2) is 0 Å². The first kappa shape index (κ1) is 20.9. The van der Waals surface area contributed by atoms with Gasteiger partial charge in [0.1, 0.15) is 0 Å². The molecule has 4 aromatic rings. The van der Waals surface area contributed by atoms with Crippen molar-refractivity contribution in [1.82, 2.24) is 0 Å². The van der Waals surface area contributed by atoms with E-state index in [-0.39, 0.29) is 10.6 Å². The minimum atomic E-state index is -0.328. The number of anilines is 1. The summed E-state index contributed by atoms with van der Waals surface area (Å²) in [6.45, 7) is 0. The Kier molecular flexibility index (Phi) is 5.35. The molecule has 0 radical (unpaired) electrons. The third kappa shape index (κ3) is 3.74. The first-order valence-corrected chi connectivity index (χ1v) is 11.8. The Balaban J connectivity index is 1.57. The minimum Gasteiger partial charge on any atom is -0.398 e. The van der Waals surface area contributed by atoms with Crippen LogP contribution in [0.25, 0.3) is 33.4 Å². The number of fused-ring (bicyclic) bond motifs is 3. The number of halogens is 2. The molecular formula is C26H18Br2N2O2. The van der Waals surface area contributed by atoms with Gasteiger partial charge in [0.25, 0.3) is 5.69 Å². The van der Waals surface area contributed by atoms with Crippen LogP contribution in [0.5, 0.6) is 0 Å².